The number of rotatable bonds is 2. The van der Waals surface area contributed by atoms with Gasteiger partial charge in [-0.15, -0.1) is 5.10 Å². The van der Waals surface area contributed by atoms with Crippen LogP contribution in [0.4, 0.5) is 4.79 Å². The van der Waals surface area contributed by atoms with E-state index in [1.807, 2.05) is 0 Å². The summed E-state index contributed by atoms with van der Waals surface area (Å²) < 4.78 is 2.42. The van der Waals surface area contributed by atoms with Gasteiger partial charge in [-0.3, -0.25) is 5.43 Å². The molecule has 1 aromatic heterocycles. The predicted molar refractivity (Wildman–Crippen MR) is 133 cm³/mol. The maximum atomic E-state index is 13.1. The van der Waals surface area contributed by atoms with Gasteiger partial charge in [0, 0.05) is 19.5 Å². The Morgan fingerprint density at radius 2 is 1.68 bits per heavy atom. The highest BCUT2D eigenvalue weighted by molar-refractivity contribution is 5.89. The molecule has 0 saturated heterocycles. The van der Waals surface area contributed by atoms with E-state index in [1.54, 1.807) is 69.5 Å². The van der Waals surface area contributed by atoms with Gasteiger partial charge in [-0.25, -0.2) is 9.80 Å². The van der Waals surface area contributed by atoms with Gasteiger partial charge in [0.15, 0.2) is 5.70 Å². The lowest BCUT2D eigenvalue weighted by Gasteiger charge is -2.52. The van der Waals surface area contributed by atoms with Gasteiger partial charge in [0.05, 0.1) is 17.8 Å². The number of amidine groups is 1. The van der Waals surface area contributed by atoms with Crippen molar-refractivity contribution >= 4 is 17.6 Å². The molecule has 186 valence electrons. The summed E-state index contributed by atoms with van der Waals surface area (Å²) in [7, 11) is 3.12. The quantitative estimate of drug-likeness (QED) is 0.591. The number of hydrogen-bond donors (Lipinski definition) is 1. The molecule has 0 saturated carbocycles. The van der Waals surface area contributed by atoms with Crippen molar-refractivity contribution in [2.75, 3.05) is 7.05 Å². The first-order chi connectivity index (χ1) is 18.2. The highest BCUT2D eigenvalue weighted by Crippen LogP contribution is 2.66. The third-order valence-electron chi connectivity index (χ3n) is 7.29. The summed E-state index contributed by atoms with van der Waals surface area (Å²) in [6.45, 7) is 3.40. The van der Waals surface area contributed by atoms with Crippen LogP contribution in [0.5, 0.6) is 0 Å². The molecule has 12 heteroatoms. The number of amides is 2. The second-order valence-electron chi connectivity index (χ2n) is 9.42. The minimum Gasteiger partial charge on any atom is -0.280 e. The van der Waals surface area contributed by atoms with Crippen LogP contribution in [0.3, 0.4) is 0 Å². The molecular weight excluding hydrogens is 484 g/mol. The average molecular weight is 506 g/mol. The average Bonchev–Trinajstić information content (AvgIpc) is 2.90. The van der Waals surface area contributed by atoms with Gasteiger partial charge in [-0.1, -0.05) is 49.9 Å². The largest absolute Gasteiger partial charge is 0.544 e. The van der Waals surface area contributed by atoms with Crippen molar-refractivity contribution in [3.8, 4) is 12.1 Å². The number of hydrazine groups is 1. The van der Waals surface area contributed by atoms with Gasteiger partial charge < -0.3 is 0 Å². The van der Waals surface area contributed by atoms with E-state index >= 15 is 0 Å². The molecule has 2 amide bonds. The fourth-order valence-electron chi connectivity index (χ4n) is 5.72. The molecule has 38 heavy (non-hydrogen) atoms. The Hall–Kier alpha value is -5.36. The van der Waals surface area contributed by atoms with Gasteiger partial charge >= 0.3 is 11.7 Å². The minimum atomic E-state index is -1.47. The Balaban J connectivity index is 1.63. The van der Waals surface area contributed by atoms with Gasteiger partial charge in [-0.2, -0.15) is 20.3 Å². The summed E-state index contributed by atoms with van der Waals surface area (Å²) in [6.07, 6.45) is 14.0. The van der Waals surface area contributed by atoms with Crippen molar-refractivity contribution in [2.24, 2.45) is 23.0 Å². The molecule has 4 aliphatic carbocycles. The van der Waals surface area contributed by atoms with Crippen LogP contribution in [0.1, 0.15) is 12.7 Å². The number of urea groups is 1. The summed E-state index contributed by atoms with van der Waals surface area (Å²) in [5.41, 5.74) is 2.49. The Labute approximate surface area is 217 Å². The van der Waals surface area contributed by atoms with E-state index < -0.39 is 22.6 Å². The molecule has 0 fully saturated rings. The van der Waals surface area contributed by atoms with E-state index in [0.29, 0.717) is 45.3 Å². The number of aromatic nitrogens is 4. The maximum Gasteiger partial charge on any atom is 0.544 e. The predicted octanol–water partition coefficient (Wildman–Crippen LogP) is 1.04. The van der Waals surface area contributed by atoms with E-state index in [0.717, 1.165) is 0 Å². The fraction of sp³-hybridized carbons (Fsp3) is 0.231. The summed E-state index contributed by atoms with van der Waals surface area (Å²) in [5, 5.41) is 37.0. The summed E-state index contributed by atoms with van der Waals surface area (Å²) in [4.78, 5) is 25.9. The molecule has 12 nitrogen and oxygen atoms in total. The lowest BCUT2D eigenvalue weighted by molar-refractivity contribution is -0.750. The molecule has 2 heterocycles. The standard InChI is InChI=1S/C26H21N10O2/c1-15-29-33(3)23(37)35(31-15)20-11-18-6-5-17-8-10-22(36-24(38)34(4)30-16(2)32-36)21-9-7-19(12-20)25(18,13-27)26(17,21)14-28/h5-12H,1-4H3,(H,30,32)/q+1. The molecule has 0 radical (unpaired) electrons. The number of nitrogens with zero attached hydrogens (tertiary/aromatic N) is 9. The van der Waals surface area contributed by atoms with Crippen LogP contribution in [0.25, 0.3) is 5.70 Å². The zero-order chi connectivity index (χ0) is 27.0. The third-order valence-corrected chi connectivity index (χ3v) is 7.29. The van der Waals surface area contributed by atoms with Crippen molar-refractivity contribution in [1.29, 1.82) is 10.5 Å². The zero-order valence-electron chi connectivity index (χ0n) is 21.0. The third kappa shape index (κ3) is 2.66. The molecule has 2 unspecified atom stereocenters. The van der Waals surface area contributed by atoms with E-state index in [1.165, 1.54) is 26.4 Å². The summed E-state index contributed by atoms with van der Waals surface area (Å²) >= 11 is 0. The topological polar surface area (TPSA) is 147 Å². The number of carbonyl (C=O) groups excluding carboxylic acids is 1. The number of nitriles is 2. The molecular formula is C26H21N10O2+. The highest BCUT2D eigenvalue weighted by atomic mass is 16.2. The number of hydrogen-bond acceptors (Lipinski definition) is 8. The maximum absolute atomic E-state index is 13.1. The fourth-order valence-corrected chi connectivity index (χ4v) is 5.72. The van der Waals surface area contributed by atoms with E-state index in [2.05, 4.69) is 32.9 Å². The number of nitrogens with one attached hydrogen (secondary N) is 1. The van der Waals surface area contributed by atoms with E-state index in [4.69, 9.17) is 0 Å². The monoisotopic (exact) mass is 505 g/mol. The molecule has 0 aromatic carbocycles. The Bertz CT molecular complexity index is 1770. The first kappa shape index (κ1) is 23.1. The first-order valence-corrected chi connectivity index (χ1v) is 11.7. The molecule has 1 aliphatic heterocycles. The lowest BCUT2D eigenvalue weighted by atomic mass is 9.46. The molecule has 6 rings (SSSR count). The SMILES string of the molecule is CC1=NN(C2=CC=C3C=CC4=CC(n5nc(C)n[n+](C)c5=O)=CC5=CC=C2C3(C#N)C54C#N)C(=O)N(C)N1. The normalized spacial score (nSPS) is 26.8. The number of carbonyl (C=O) groups is 1. The van der Waals surface area contributed by atoms with Crippen molar-refractivity contribution < 1.29 is 9.48 Å². The number of aryl methyl sites for hydroxylation is 2. The Morgan fingerprint density at radius 3 is 2.42 bits per heavy atom. The van der Waals surface area contributed by atoms with Crippen LogP contribution in [0.2, 0.25) is 0 Å². The van der Waals surface area contributed by atoms with Gasteiger partial charge in [-0.05, 0) is 41.9 Å². The van der Waals surface area contributed by atoms with Crippen molar-refractivity contribution in [3.05, 3.63) is 92.9 Å². The first-order valence-electron chi connectivity index (χ1n) is 11.7. The molecule has 5 aliphatic rings. The smallest absolute Gasteiger partial charge is 0.280 e. The van der Waals surface area contributed by atoms with E-state index in [9.17, 15) is 20.1 Å². The highest BCUT2D eigenvalue weighted by Gasteiger charge is 2.65. The van der Waals surface area contributed by atoms with Gasteiger partial charge in [0.2, 0.25) is 5.82 Å². The van der Waals surface area contributed by atoms with Crippen molar-refractivity contribution in [2.45, 2.75) is 13.8 Å². The van der Waals surface area contributed by atoms with Crippen LogP contribution in [0, 0.1) is 40.4 Å². The zero-order valence-corrected chi connectivity index (χ0v) is 21.0. The second-order valence-corrected chi connectivity index (χ2v) is 9.42. The van der Waals surface area contributed by atoms with Crippen LogP contribution in [-0.2, 0) is 7.05 Å². The molecule has 2 atom stereocenters. The molecule has 1 aromatic rings. The lowest BCUT2D eigenvalue weighted by Crippen LogP contribution is -2.56. The van der Waals surface area contributed by atoms with Gasteiger partial charge in [0.25, 0.3) is 0 Å². The molecule has 0 bridgehead atoms. The van der Waals surface area contributed by atoms with Gasteiger partial charge in [0.1, 0.15) is 23.7 Å². The van der Waals surface area contributed by atoms with Crippen LogP contribution < -0.4 is 15.8 Å². The Kier molecular flexibility index (Phi) is 4.59. The van der Waals surface area contributed by atoms with Crippen LogP contribution in [0.15, 0.2) is 86.5 Å². The van der Waals surface area contributed by atoms with Crippen LogP contribution >= 0.6 is 0 Å². The Morgan fingerprint density at radius 1 is 0.974 bits per heavy atom. The van der Waals surface area contributed by atoms with Crippen LogP contribution in [-0.4, -0.2) is 43.8 Å². The van der Waals surface area contributed by atoms with Crippen molar-refractivity contribution in [3.63, 3.8) is 0 Å². The second kappa shape index (κ2) is 7.57. The van der Waals surface area contributed by atoms with E-state index in [-0.39, 0.29) is 0 Å². The number of hydrazone groups is 1. The molecule has 0 spiro atoms. The van der Waals surface area contributed by atoms with Crippen molar-refractivity contribution in [1.82, 2.24) is 30.3 Å². The summed E-state index contributed by atoms with van der Waals surface area (Å²) in [6, 6.07) is 4.47. The molecule has 1 N–H and O–H groups in total. The summed E-state index contributed by atoms with van der Waals surface area (Å²) in [5.74, 6) is 0.884. The minimum absolute atomic E-state index is 0.393. The number of allylic oxidation sites excluding steroid dienone is 13.